The SMILES string of the molecule is O=C(O)c1cccc(C(=CCC(F)(F)F)c2cc(Cl)c(F)c(Cl)c2)c1C(F)(F)F. The Morgan fingerprint density at radius 2 is 1.52 bits per heavy atom. The van der Waals surface area contributed by atoms with E-state index in [9.17, 15) is 35.5 Å². The standard InChI is InChI=1S/C18H9Cl2F7O2/c19-12-6-8(7-13(20)15(12)21)9(4-5-17(22,23)24)10-2-1-3-11(16(28)29)14(10)18(25,26)27/h1-4,6-7H,5H2,(H,28,29). The third kappa shape index (κ3) is 5.42. The van der Waals surface area contributed by atoms with Gasteiger partial charge in [0.2, 0.25) is 0 Å². The molecule has 0 saturated heterocycles. The van der Waals surface area contributed by atoms with Crippen LogP contribution in [0.25, 0.3) is 5.57 Å². The second-order valence-electron chi connectivity index (χ2n) is 5.72. The number of carboxylic acids is 1. The van der Waals surface area contributed by atoms with E-state index < -0.39 is 62.9 Å². The van der Waals surface area contributed by atoms with Gasteiger partial charge in [-0.15, -0.1) is 0 Å². The molecular formula is C18H9Cl2F7O2. The zero-order valence-electron chi connectivity index (χ0n) is 13.9. The molecule has 0 spiro atoms. The molecule has 0 radical (unpaired) electrons. The van der Waals surface area contributed by atoms with Crippen molar-refractivity contribution < 1.29 is 40.6 Å². The summed E-state index contributed by atoms with van der Waals surface area (Å²) in [5.41, 5.74) is -4.66. The molecule has 0 fully saturated rings. The van der Waals surface area contributed by atoms with Gasteiger partial charge in [-0.3, -0.25) is 0 Å². The smallest absolute Gasteiger partial charge is 0.417 e. The van der Waals surface area contributed by atoms with E-state index in [-0.39, 0.29) is 5.56 Å². The fourth-order valence-electron chi connectivity index (χ4n) is 2.57. The van der Waals surface area contributed by atoms with Gasteiger partial charge in [0.05, 0.1) is 27.6 Å². The normalized spacial score (nSPS) is 12.9. The molecule has 29 heavy (non-hydrogen) atoms. The van der Waals surface area contributed by atoms with Crippen molar-refractivity contribution in [2.24, 2.45) is 0 Å². The lowest BCUT2D eigenvalue weighted by molar-refractivity contribution is -0.138. The van der Waals surface area contributed by atoms with Crippen LogP contribution in [-0.2, 0) is 6.18 Å². The van der Waals surface area contributed by atoms with Gasteiger partial charge in [0.15, 0.2) is 5.82 Å². The zero-order valence-corrected chi connectivity index (χ0v) is 15.4. The highest BCUT2D eigenvalue weighted by Crippen LogP contribution is 2.41. The van der Waals surface area contributed by atoms with Crippen molar-refractivity contribution in [1.82, 2.24) is 0 Å². The highest BCUT2D eigenvalue weighted by Gasteiger charge is 2.39. The van der Waals surface area contributed by atoms with Crippen LogP contribution in [0.1, 0.15) is 33.5 Å². The number of carboxylic acid groups (broad SMARTS) is 1. The van der Waals surface area contributed by atoms with Crippen LogP contribution in [0.2, 0.25) is 10.0 Å². The summed E-state index contributed by atoms with van der Waals surface area (Å²) in [7, 11) is 0. The average Bonchev–Trinajstić information content (AvgIpc) is 2.57. The Labute approximate surface area is 169 Å². The molecular weight excluding hydrogens is 452 g/mol. The van der Waals surface area contributed by atoms with E-state index in [1.54, 1.807) is 0 Å². The zero-order chi connectivity index (χ0) is 22.1. The minimum Gasteiger partial charge on any atom is -0.478 e. The number of allylic oxidation sites excluding steroid dienone is 1. The van der Waals surface area contributed by atoms with Crippen LogP contribution in [0, 0.1) is 5.82 Å². The molecule has 0 unspecified atom stereocenters. The van der Waals surface area contributed by atoms with Gasteiger partial charge in [0.25, 0.3) is 0 Å². The predicted molar refractivity (Wildman–Crippen MR) is 92.6 cm³/mol. The first-order valence-electron chi connectivity index (χ1n) is 7.58. The van der Waals surface area contributed by atoms with Crippen molar-refractivity contribution in [3.05, 3.63) is 74.5 Å². The number of alkyl halides is 6. The summed E-state index contributed by atoms with van der Waals surface area (Å²) >= 11 is 11.3. The number of rotatable bonds is 4. The average molecular weight is 461 g/mol. The number of carbonyl (C=O) groups is 1. The van der Waals surface area contributed by atoms with E-state index in [1.165, 1.54) is 0 Å². The number of hydrogen-bond acceptors (Lipinski definition) is 1. The number of hydrogen-bond donors (Lipinski definition) is 1. The lowest BCUT2D eigenvalue weighted by atomic mass is 9.90. The molecule has 0 aliphatic carbocycles. The Bertz CT molecular complexity index is 956. The quantitative estimate of drug-likeness (QED) is 0.385. The molecule has 2 aromatic carbocycles. The summed E-state index contributed by atoms with van der Waals surface area (Å²) in [4.78, 5) is 11.3. The molecule has 11 heteroatoms. The maximum atomic E-state index is 13.7. The van der Waals surface area contributed by atoms with Gasteiger partial charge in [-0.1, -0.05) is 41.4 Å². The van der Waals surface area contributed by atoms with Crippen LogP contribution in [0.15, 0.2) is 36.4 Å². The molecule has 2 rings (SSSR count). The maximum Gasteiger partial charge on any atom is 0.417 e. The number of benzene rings is 2. The Balaban J connectivity index is 2.88. The first-order valence-corrected chi connectivity index (χ1v) is 8.33. The van der Waals surface area contributed by atoms with E-state index >= 15 is 0 Å². The molecule has 1 N–H and O–H groups in total. The van der Waals surface area contributed by atoms with Gasteiger partial charge < -0.3 is 5.11 Å². The van der Waals surface area contributed by atoms with Gasteiger partial charge in [0, 0.05) is 0 Å². The summed E-state index contributed by atoms with van der Waals surface area (Å²) in [5, 5.41) is 7.84. The molecule has 0 aliphatic heterocycles. The molecule has 0 saturated carbocycles. The summed E-state index contributed by atoms with van der Waals surface area (Å²) in [6, 6.07) is 4.03. The lowest BCUT2D eigenvalue weighted by Crippen LogP contribution is -2.16. The van der Waals surface area contributed by atoms with Gasteiger partial charge in [0.1, 0.15) is 0 Å². The third-order valence-electron chi connectivity index (χ3n) is 3.70. The van der Waals surface area contributed by atoms with Crippen molar-refractivity contribution in [2.45, 2.75) is 18.8 Å². The first-order chi connectivity index (χ1) is 13.2. The van der Waals surface area contributed by atoms with Crippen LogP contribution in [0.4, 0.5) is 30.7 Å². The highest BCUT2D eigenvalue weighted by molar-refractivity contribution is 6.35. The van der Waals surface area contributed by atoms with Crippen LogP contribution in [-0.4, -0.2) is 17.3 Å². The van der Waals surface area contributed by atoms with Gasteiger partial charge in [-0.25, -0.2) is 9.18 Å². The molecule has 0 aromatic heterocycles. The monoisotopic (exact) mass is 460 g/mol. The topological polar surface area (TPSA) is 37.3 Å². The van der Waals surface area contributed by atoms with Crippen LogP contribution < -0.4 is 0 Å². The Hall–Kier alpha value is -2.26. The highest BCUT2D eigenvalue weighted by atomic mass is 35.5. The summed E-state index contributed by atoms with van der Waals surface area (Å²) in [6.45, 7) is 0. The second kappa shape index (κ2) is 8.23. The van der Waals surface area contributed by atoms with Crippen molar-refractivity contribution in [3.8, 4) is 0 Å². The van der Waals surface area contributed by atoms with Crippen molar-refractivity contribution in [2.75, 3.05) is 0 Å². The van der Waals surface area contributed by atoms with Crippen LogP contribution in [0.3, 0.4) is 0 Å². The van der Waals surface area contributed by atoms with Gasteiger partial charge in [-0.05, 0) is 34.9 Å². The van der Waals surface area contributed by atoms with Crippen molar-refractivity contribution in [3.63, 3.8) is 0 Å². The minimum atomic E-state index is -5.21. The maximum absolute atomic E-state index is 13.7. The van der Waals surface area contributed by atoms with Gasteiger partial charge in [-0.2, -0.15) is 26.3 Å². The Morgan fingerprint density at radius 3 is 1.97 bits per heavy atom. The molecule has 0 aliphatic rings. The molecule has 0 heterocycles. The number of halogens is 9. The summed E-state index contributed by atoms with van der Waals surface area (Å²) < 4.78 is 92.7. The van der Waals surface area contributed by atoms with E-state index in [0.717, 1.165) is 24.3 Å². The van der Waals surface area contributed by atoms with Crippen LogP contribution in [0.5, 0.6) is 0 Å². The lowest BCUT2D eigenvalue weighted by Gasteiger charge is -2.19. The fourth-order valence-corrected chi connectivity index (χ4v) is 3.06. The molecule has 156 valence electrons. The molecule has 2 nitrogen and oxygen atoms in total. The third-order valence-corrected chi connectivity index (χ3v) is 4.25. The predicted octanol–water partition coefficient (Wildman–Crippen LogP) is 7.23. The molecule has 0 amide bonds. The van der Waals surface area contributed by atoms with E-state index in [1.807, 2.05) is 0 Å². The fraction of sp³-hybridized carbons (Fsp3) is 0.167. The summed E-state index contributed by atoms with van der Waals surface area (Å²) in [6.07, 6.45) is -11.2. The largest absolute Gasteiger partial charge is 0.478 e. The van der Waals surface area contributed by atoms with Gasteiger partial charge >= 0.3 is 18.3 Å². The minimum absolute atomic E-state index is 0.348. The van der Waals surface area contributed by atoms with E-state index in [2.05, 4.69) is 0 Å². The summed E-state index contributed by atoms with van der Waals surface area (Å²) in [5.74, 6) is -3.04. The van der Waals surface area contributed by atoms with E-state index in [4.69, 9.17) is 28.3 Å². The van der Waals surface area contributed by atoms with E-state index in [0.29, 0.717) is 12.1 Å². The molecule has 0 bridgehead atoms. The van der Waals surface area contributed by atoms with Crippen LogP contribution >= 0.6 is 23.2 Å². The second-order valence-corrected chi connectivity index (χ2v) is 6.54. The molecule has 0 atom stereocenters. The Kier molecular flexibility index (Phi) is 6.54. The first kappa shape index (κ1) is 23.0. The number of aromatic carboxylic acids is 1. The Morgan fingerprint density at radius 1 is 1.00 bits per heavy atom. The van der Waals surface area contributed by atoms with Crippen molar-refractivity contribution >= 4 is 34.7 Å². The van der Waals surface area contributed by atoms with Crippen molar-refractivity contribution in [1.29, 1.82) is 0 Å². The molecule has 2 aromatic rings.